The molecule has 100 valence electrons. The van der Waals surface area contributed by atoms with Crippen molar-refractivity contribution in [3.8, 4) is 0 Å². The van der Waals surface area contributed by atoms with E-state index >= 15 is 0 Å². The number of alkyl halides is 1. The van der Waals surface area contributed by atoms with Crippen LogP contribution in [0, 0.1) is 11.7 Å². The third kappa shape index (κ3) is 2.74. The monoisotopic (exact) mass is 271 g/mol. The second-order valence-electron chi connectivity index (χ2n) is 4.81. The van der Waals surface area contributed by atoms with Crippen LogP contribution in [-0.4, -0.2) is 28.4 Å². The Labute approximate surface area is 112 Å². The Kier molecular flexibility index (Phi) is 4.38. The van der Waals surface area contributed by atoms with E-state index < -0.39 is 0 Å². The van der Waals surface area contributed by atoms with Crippen molar-refractivity contribution in [2.75, 3.05) is 18.0 Å². The number of aryl methyl sites for hydroxylation is 1. The normalized spacial score (nSPS) is 19.0. The zero-order chi connectivity index (χ0) is 13.1. The maximum Gasteiger partial charge on any atom is 0.187 e. The van der Waals surface area contributed by atoms with Crippen LogP contribution >= 0.6 is 11.6 Å². The van der Waals surface area contributed by atoms with Gasteiger partial charge in [-0.15, -0.1) is 11.6 Å². The summed E-state index contributed by atoms with van der Waals surface area (Å²) in [5.41, 5.74) is 0.493. The topological polar surface area (TPSA) is 29.0 Å². The molecule has 1 aromatic rings. The van der Waals surface area contributed by atoms with Gasteiger partial charge in [0, 0.05) is 18.5 Å². The van der Waals surface area contributed by atoms with E-state index in [1.165, 1.54) is 6.33 Å². The van der Waals surface area contributed by atoms with Crippen molar-refractivity contribution in [1.29, 1.82) is 0 Å². The summed E-state index contributed by atoms with van der Waals surface area (Å²) < 4.78 is 14.1. The molecule has 0 aliphatic carbocycles. The summed E-state index contributed by atoms with van der Waals surface area (Å²) in [6.45, 7) is 5.57. The molecule has 0 bridgehead atoms. The number of piperidine rings is 1. The first kappa shape index (κ1) is 13.5. The third-order valence-electron chi connectivity index (χ3n) is 3.67. The van der Waals surface area contributed by atoms with E-state index in [1.54, 1.807) is 0 Å². The number of anilines is 1. The molecule has 0 saturated carbocycles. The highest BCUT2D eigenvalue weighted by atomic mass is 35.5. The molecule has 2 rings (SSSR count). The Morgan fingerprint density at radius 2 is 2.11 bits per heavy atom. The maximum atomic E-state index is 14.1. The average molecular weight is 272 g/mol. The molecule has 5 heteroatoms. The molecule has 1 unspecified atom stereocenters. The van der Waals surface area contributed by atoms with Gasteiger partial charge in [0.1, 0.15) is 6.33 Å². The smallest absolute Gasteiger partial charge is 0.187 e. The summed E-state index contributed by atoms with van der Waals surface area (Å²) >= 11 is 6.11. The summed E-state index contributed by atoms with van der Waals surface area (Å²) in [7, 11) is 0. The molecular formula is C13H19ClFN3. The molecule has 0 radical (unpaired) electrons. The molecule has 0 spiro atoms. The second kappa shape index (κ2) is 5.83. The molecule has 18 heavy (non-hydrogen) atoms. The van der Waals surface area contributed by atoms with Crippen molar-refractivity contribution in [1.82, 2.24) is 9.97 Å². The van der Waals surface area contributed by atoms with Gasteiger partial charge < -0.3 is 4.90 Å². The van der Waals surface area contributed by atoms with Gasteiger partial charge in [-0.05, 0) is 32.1 Å². The van der Waals surface area contributed by atoms with E-state index in [4.69, 9.17) is 11.6 Å². The number of hydrogen-bond acceptors (Lipinski definition) is 3. The van der Waals surface area contributed by atoms with Gasteiger partial charge in [0.15, 0.2) is 11.6 Å². The fourth-order valence-electron chi connectivity index (χ4n) is 2.43. The second-order valence-corrected chi connectivity index (χ2v) is 5.50. The predicted octanol–water partition coefficient (Wildman–Crippen LogP) is 3.02. The van der Waals surface area contributed by atoms with Crippen molar-refractivity contribution in [3.05, 3.63) is 17.8 Å². The van der Waals surface area contributed by atoms with Crippen molar-refractivity contribution < 1.29 is 4.39 Å². The van der Waals surface area contributed by atoms with E-state index in [0.717, 1.165) is 25.9 Å². The summed E-state index contributed by atoms with van der Waals surface area (Å²) in [5, 5.41) is 0.189. The molecule has 1 atom stereocenters. The first-order chi connectivity index (χ1) is 8.63. The van der Waals surface area contributed by atoms with Crippen molar-refractivity contribution in [2.45, 2.75) is 38.5 Å². The summed E-state index contributed by atoms with van der Waals surface area (Å²) in [6, 6.07) is 0. The van der Waals surface area contributed by atoms with Crippen LogP contribution in [0.25, 0.3) is 0 Å². The van der Waals surface area contributed by atoms with Crippen LogP contribution in [0.4, 0.5) is 10.2 Å². The van der Waals surface area contributed by atoms with Gasteiger partial charge in [-0.3, -0.25) is 0 Å². The average Bonchev–Trinajstić information content (AvgIpc) is 2.39. The first-order valence-corrected chi connectivity index (χ1v) is 6.95. The van der Waals surface area contributed by atoms with Gasteiger partial charge in [-0.1, -0.05) is 6.92 Å². The number of hydrogen-bond donors (Lipinski definition) is 0. The zero-order valence-corrected chi connectivity index (χ0v) is 11.6. The van der Waals surface area contributed by atoms with Gasteiger partial charge in [0.05, 0.1) is 5.69 Å². The highest BCUT2D eigenvalue weighted by Crippen LogP contribution is 2.28. The molecule has 3 nitrogen and oxygen atoms in total. The van der Waals surface area contributed by atoms with Gasteiger partial charge in [-0.2, -0.15) is 0 Å². The lowest BCUT2D eigenvalue weighted by Crippen LogP contribution is -2.37. The summed E-state index contributed by atoms with van der Waals surface area (Å²) in [6.07, 6.45) is 4.04. The van der Waals surface area contributed by atoms with E-state index in [9.17, 15) is 4.39 Å². The fourth-order valence-corrected chi connectivity index (χ4v) is 2.69. The lowest BCUT2D eigenvalue weighted by atomic mass is 9.94. The SMILES string of the molecule is CCc1ncnc(N2CCC(C(C)Cl)CC2)c1F. The minimum absolute atomic E-state index is 0.189. The molecule has 2 heterocycles. The lowest BCUT2D eigenvalue weighted by Gasteiger charge is -2.34. The van der Waals surface area contributed by atoms with Crippen molar-refractivity contribution in [3.63, 3.8) is 0 Å². The van der Waals surface area contributed by atoms with Crippen LogP contribution < -0.4 is 4.90 Å². The van der Waals surface area contributed by atoms with E-state index in [-0.39, 0.29) is 11.2 Å². The first-order valence-electron chi connectivity index (χ1n) is 6.51. The largest absolute Gasteiger partial charge is 0.354 e. The van der Waals surface area contributed by atoms with Crippen LogP contribution in [-0.2, 0) is 6.42 Å². The van der Waals surface area contributed by atoms with Gasteiger partial charge >= 0.3 is 0 Å². The summed E-state index contributed by atoms with van der Waals surface area (Å²) in [5.74, 6) is 0.707. The minimum atomic E-state index is -0.266. The molecule has 0 N–H and O–H groups in total. The highest BCUT2D eigenvalue weighted by molar-refractivity contribution is 6.20. The van der Waals surface area contributed by atoms with E-state index in [1.807, 2.05) is 18.7 Å². The Balaban J connectivity index is 2.10. The molecule has 0 aromatic carbocycles. The quantitative estimate of drug-likeness (QED) is 0.792. The number of rotatable bonds is 3. The highest BCUT2D eigenvalue weighted by Gasteiger charge is 2.25. The molecule has 1 fully saturated rings. The van der Waals surface area contributed by atoms with E-state index in [2.05, 4.69) is 9.97 Å². The predicted molar refractivity (Wildman–Crippen MR) is 71.6 cm³/mol. The molecule has 1 aromatic heterocycles. The summed E-state index contributed by atoms with van der Waals surface area (Å²) in [4.78, 5) is 10.1. The number of nitrogens with zero attached hydrogens (tertiary/aromatic N) is 3. The Morgan fingerprint density at radius 1 is 1.44 bits per heavy atom. The van der Waals surface area contributed by atoms with Gasteiger partial charge in [0.2, 0.25) is 0 Å². The molecule has 1 saturated heterocycles. The zero-order valence-electron chi connectivity index (χ0n) is 10.9. The van der Waals surface area contributed by atoms with E-state index in [0.29, 0.717) is 23.9 Å². The maximum absolute atomic E-state index is 14.1. The minimum Gasteiger partial charge on any atom is -0.354 e. The lowest BCUT2D eigenvalue weighted by molar-refractivity contribution is 0.395. The van der Waals surface area contributed by atoms with Crippen LogP contribution in [0.3, 0.4) is 0 Å². The fraction of sp³-hybridized carbons (Fsp3) is 0.692. The van der Waals surface area contributed by atoms with Crippen molar-refractivity contribution >= 4 is 17.4 Å². The standard InChI is InChI=1S/C13H19ClFN3/c1-3-11-12(15)13(17-8-16-11)18-6-4-10(5-7-18)9(2)14/h8-10H,3-7H2,1-2H3. The Morgan fingerprint density at radius 3 is 2.67 bits per heavy atom. The van der Waals surface area contributed by atoms with Gasteiger partial charge in [-0.25, -0.2) is 14.4 Å². The third-order valence-corrected chi connectivity index (χ3v) is 4.02. The Bertz CT molecular complexity index is 403. The van der Waals surface area contributed by atoms with Crippen molar-refractivity contribution in [2.24, 2.45) is 5.92 Å². The van der Waals surface area contributed by atoms with Crippen LogP contribution in [0.5, 0.6) is 0 Å². The molecule has 1 aliphatic rings. The molecule has 0 amide bonds. The van der Waals surface area contributed by atoms with Crippen LogP contribution in [0.15, 0.2) is 6.33 Å². The van der Waals surface area contributed by atoms with Gasteiger partial charge in [0.25, 0.3) is 0 Å². The molecule has 1 aliphatic heterocycles. The number of halogens is 2. The van der Waals surface area contributed by atoms with Crippen LogP contribution in [0.2, 0.25) is 0 Å². The number of aromatic nitrogens is 2. The van der Waals surface area contributed by atoms with Crippen LogP contribution in [0.1, 0.15) is 32.4 Å². The molecular weight excluding hydrogens is 253 g/mol. The Hall–Kier alpha value is -0.900.